The van der Waals surface area contributed by atoms with Crippen molar-refractivity contribution in [3.63, 3.8) is 0 Å². The van der Waals surface area contributed by atoms with Crippen LogP contribution in [0, 0.1) is 0 Å². The number of esters is 2. The lowest BCUT2D eigenvalue weighted by Crippen LogP contribution is -2.60. The van der Waals surface area contributed by atoms with Crippen molar-refractivity contribution in [1.29, 1.82) is 0 Å². The van der Waals surface area contributed by atoms with Gasteiger partial charge >= 0.3 is 17.9 Å². The average Bonchev–Trinajstić information content (AvgIpc) is 3.09. The maximum absolute atomic E-state index is 12.7. The van der Waals surface area contributed by atoms with E-state index in [0.29, 0.717) is 12.8 Å². The summed E-state index contributed by atoms with van der Waals surface area (Å²) in [5.41, 5.74) is 0. The van der Waals surface area contributed by atoms with Crippen molar-refractivity contribution >= 4 is 17.9 Å². The van der Waals surface area contributed by atoms with Crippen LogP contribution in [0.15, 0.2) is 24.3 Å². The van der Waals surface area contributed by atoms with Gasteiger partial charge in [0.05, 0.1) is 6.61 Å². The second-order valence-electron chi connectivity index (χ2n) is 13.4. The van der Waals surface area contributed by atoms with Gasteiger partial charge in [0.15, 0.2) is 18.5 Å². The van der Waals surface area contributed by atoms with E-state index in [4.69, 9.17) is 18.9 Å². The van der Waals surface area contributed by atoms with E-state index in [-0.39, 0.29) is 19.4 Å². The largest absolute Gasteiger partial charge is 0.479 e. The number of ether oxygens (including phenoxy) is 4. The molecule has 0 bridgehead atoms. The molecule has 6 unspecified atom stereocenters. The second kappa shape index (κ2) is 30.3. The summed E-state index contributed by atoms with van der Waals surface area (Å²) in [6.45, 7) is 3.71. The molecule has 1 aliphatic rings. The Labute approximate surface area is 300 Å². The van der Waals surface area contributed by atoms with Gasteiger partial charge in [-0.05, 0) is 57.8 Å². The number of aliphatic carboxylic acids is 1. The van der Waals surface area contributed by atoms with Crippen molar-refractivity contribution in [2.45, 2.75) is 192 Å². The third-order valence-electron chi connectivity index (χ3n) is 8.77. The van der Waals surface area contributed by atoms with Crippen LogP contribution in [0.25, 0.3) is 0 Å². The number of carboxylic acids is 1. The van der Waals surface area contributed by atoms with E-state index in [1.807, 2.05) is 0 Å². The molecular formula is C39H68O11. The number of rotatable bonds is 31. The van der Waals surface area contributed by atoms with Crippen molar-refractivity contribution in [3.8, 4) is 0 Å². The van der Waals surface area contributed by atoms with Crippen LogP contribution in [0.4, 0.5) is 0 Å². The third kappa shape index (κ3) is 22.5. The van der Waals surface area contributed by atoms with Gasteiger partial charge in [-0.1, -0.05) is 109 Å². The van der Waals surface area contributed by atoms with Gasteiger partial charge < -0.3 is 39.4 Å². The van der Waals surface area contributed by atoms with Crippen LogP contribution in [0.3, 0.4) is 0 Å². The fraction of sp³-hybridized carbons (Fsp3) is 0.821. The van der Waals surface area contributed by atoms with Crippen LogP contribution in [-0.4, -0.2) is 88.4 Å². The number of carbonyl (C=O) groups is 3. The number of carboxylic acid groups (broad SMARTS) is 1. The quantitative estimate of drug-likeness (QED) is 0.0329. The highest BCUT2D eigenvalue weighted by molar-refractivity contribution is 5.73. The van der Waals surface area contributed by atoms with Crippen molar-refractivity contribution in [1.82, 2.24) is 0 Å². The summed E-state index contributed by atoms with van der Waals surface area (Å²) in [7, 11) is 0. The Morgan fingerprint density at radius 1 is 0.600 bits per heavy atom. The molecule has 1 rings (SSSR count). The summed E-state index contributed by atoms with van der Waals surface area (Å²) >= 11 is 0. The predicted octanol–water partition coefficient (Wildman–Crippen LogP) is 7.08. The first kappa shape index (κ1) is 45.7. The van der Waals surface area contributed by atoms with E-state index >= 15 is 0 Å². The molecule has 1 heterocycles. The molecule has 4 N–H and O–H groups in total. The Morgan fingerprint density at radius 2 is 1.08 bits per heavy atom. The zero-order valence-electron chi connectivity index (χ0n) is 30.9. The van der Waals surface area contributed by atoms with Gasteiger partial charge in [0.2, 0.25) is 0 Å². The molecule has 6 atom stereocenters. The van der Waals surface area contributed by atoms with Crippen molar-refractivity contribution in [2.75, 3.05) is 13.2 Å². The summed E-state index contributed by atoms with van der Waals surface area (Å²) < 4.78 is 21.6. The van der Waals surface area contributed by atoms with Crippen LogP contribution in [0.1, 0.15) is 155 Å². The summed E-state index contributed by atoms with van der Waals surface area (Å²) in [6, 6.07) is 0. The van der Waals surface area contributed by atoms with Gasteiger partial charge in [0.1, 0.15) is 24.9 Å². The molecule has 1 aliphatic heterocycles. The first-order valence-electron chi connectivity index (χ1n) is 19.4. The van der Waals surface area contributed by atoms with Crippen LogP contribution < -0.4 is 0 Å². The summed E-state index contributed by atoms with van der Waals surface area (Å²) in [5, 5.41) is 39.6. The Balaban J connectivity index is 2.45. The van der Waals surface area contributed by atoms with Crippen LogP contribution >= 0.6 is 0 Å². The van der Waals surface area contributed by atoms with Gasteiger partial charge in [0, 0.05) is 12.8 Å². The summed E-state index contributed by atoms with van der Waals surface area (Å²) in [6.07, 6.45) is 21.0. The highest BCUT2D eigenvalue weighted by atomic mass is 16.7. The van der Waals surface area contributed by atoms with Gasteiger partial charge in [-0.25, -0.2) is 4.79 Å². The fourth-order valence-electron chi connectivity index (χ4n) is 5.62. The average molecular weight is 713 g/mol. The molecule has 11 heteroatoms. The molecule has 1 fully saturated rings. The minimum atomic E-state index is -1.86. The molecule has 0 aromatic rings. The van der Waals surface area contributed by atoms with E-state index in [1.54, 1.807) is 0 Å². The number of carbonyl (C=O) groups excluding carboxylic acids is 2. The monoisotopic (exact) mass is 712 g/mol. The lowest BCUT2D eigenvalue weighted by atomic mass is 9.99. The molecule has 0 amide bonds. The zero-order chi connectivity index (χ0) is 36.8. The summed E-state index contributed by atoms with van der Waals surface area (Å²) in [4.78, 5) is 36.6. The van der Waals surface area contributed by atoms with Gasteiger partial charge in [-0.15, -0.1) is 0 Å². The normalized spacial score (nSPS) is 21.5. The zero-order valence-corrected chi connectivity index (χ0v) is 30.9. The molecule has 0 aromatic carbocycles. The maximum Gasteiger partial charge on any atom is 0.335 e. The number of aliphatic hydroxyl groups is 3. The van der Waals surface area contributed by atoms with E-state index in [0.717, 1.165) is 77.0 Å². The standard InChI is InChI=1S/C39H68O11/c1-3-5-7-9-11-13-15-16-18-19-21-23-25-27-32(40)47-29-31(30-48-39-36(44)34(42)35(43)37(50-39)38(45)46)49-33(41)28-26-24-22-20-17-14-12-10-8-6-4-2/h10,12-13,15,31,34-37,39,42-44H,3-9,11,14,16-30H2,1-2H3,(H,45,46)/b12-10-,15-13-. The van der Waals surface area contributed by atoms with Crippen LogP contribution in [0.5, 0.6) is 0 Å². The van der Waals surface area contributed by atoms with Gasteiger partial charge in [0.25, 0.3) is 0 Å². The Kier molecular flexibility index (Phi) is 27.7. The number of aliphatic hydroxyl groups excluding tert-OH is 3. The van der Waals surface area contributed by atoms with Crippen LogP contribution in [-0.2, 0) is 33.3 Å². The van der Waals surface area contributed by atoms with Crippen molar-refractivity contribution in [3.05, 3.63) is 24.3 Å². The lowest BCUT2D eigenvalue weighted by Gasteiger charge is -2.38. The predicted molar refractivity (Wildman–Crippen MR) is 192 cm³/mol. The number of allylic oxidation sites excluding steroid dienone is 4. The van der Waals surface area contributed by atoms with E-state index in [2.05, 4.69) is 38.2 Å². The smallest absolute Gasteiger partial charge is 0.335 e. The molecule has 0 saturated carbocycles. The van der Waals surface area contributed by atoms with E-state index in [1.165, 1.54) is 38.5 Å². The van der Waals surface area contributed by atoms with E-state index < -0.39 is 61.3 Å². The van der Waals surface area contributed by atoms with Gasteiger partial charge in [-0.3, -0.25) is 9.59 Å². The first-order chi connectivity index (χ1) is 24.2. The van der Waals surface area contributed by atoms with Gasteiger partial charge in [-0.2, -0.15) is 0 Å². The molecule has 11 nitrogen and oxygen atoms in total. The molecule has 0 aromatic heterocycles. The number of hydrogen-bond donors (Lipinski definition) is 4. The Morgan fingerprint density at radius 3 is 1.62 bits per heavy atom. The molecular weight excluding hydrogens is 644 g/mol. The SMILES string of the molecule is CCCC/C=C\CCCCCCCC(=O)OC(COC(=O)CCCCCCC/C=C\CCCCCC)COC1OC(C(=O)O)C(O)C(O)C1O. The molecule has 1 saturated heterocycles. The van der Waals surface area contributed by atoms with E-state index in [9.17, 15) is 34.8 Å². The second-order valence-corrected chi connectivity index (χ2v) is 13.4. The number of unbranched alkanes of at least 4 members (excludes halogenated alkanes) is 16. The molecule has 0 aliphatic carbocycles. The van der Waals surface area contributed by atoms with Crippen LogP contribution in [0.2, 0.25) is 0 Å². The highest BCUT2D eigenvalue weighted by Gasteiger charge is 2.47. The molecule has 50 heavy (non-hydrogen) atoms. The Bertz CT molecular complexity index is 937. The van der Waals surface area contributed by atoms with Crippen molar-refractivity contribution in [2.24, 2.45) is 0 Å². The highest BCUT2D eigenvalue weighted by Crippen LogP contribution is 2.23. The molecule has 0 radical (unpaired) electrons. The third-order valence-corrected chi connectivity index (χ3v) is 8.77. The lowest BCUT2D eigenvalue weighted by molar-refractivity contribution is -0.298. The topological polar surface area (TPSA) is 169 Å². The summed E-state index contributed by atoms with van der Waals surface area (Å²) in [5.74, 6) is -2.47. The number of hydrogen-bond acceptors (Lipinski definition) is 10. The first-order valence-corrected chi connectivity index (χ1v) is 19.4. The molecule has 0 spiro atoms. The molecule has 290 valence electrons. The van der Waals surface area contributed by atoms with Crippen molar-refractivity contribution < 1.29 is 53.8 Å². The minimum Gasteiger partial charge on any atom is -0.479 e. The minimum absolute atomic E-state index is 0.171. The maximum atomic E-state index is 12.7. The fourth-order valence-corrected chi connectivity index (χ4v) is 5.62. The Hall–Kier alpha value is -2.31.